The SMILES string of the molecule is Cc1cc(C(O)c2ccc(C(F)(F)F)cc2C)ccc1Br. The number of halogens is 4. The third-order valence-electron chi connectivity index (χ3n) is 3.39. The van der Waals surface area contributed by atoms with E-state index in [0.29, 0.717) is 16.7 Å². The lowest BCUT2D eigenvalue weighted by atomic mass is 9.95. The van der Waals surface area contributed by atoms with Crippen molar-refractivity contribution >= 4 is 15.9 Å². The lowest BCUT2D eigenvalue weighted by molar-refractivity contribution is -0.137. The molecule has 0 spiro atoms. The van der Waals surface area contributed by atoms with Gasteiger partial charge in [0.15, 0.2) is 0 Å². The van der Waals surface area contributed by atoms with E-state index in [1.165, 1.54) is 6.07 Å². The van der Waals surface area contributed by atoms with E-state index >= 15 is 0 Å². The Morgan fingerprint density at radius 2 is 1.67 bits per heavy atom. The molecular formula is C16H14BrF3O. The first-order valence-corrected chi connectivity index (χ1v) is 7.11. The van der Waals surface area contributed by atoms with Gasteiger partial charge < -0.3 is 5.11 Å². The summed E-state index contributed by atoms with van der Waals surface area (Å²) in [5.41, 5.74) is 1.79. The maximum Gasteiger partial charge on any atom is 0.416 e. The molecule has 0 aliphatic rings. The Morgan fingerprint density at radius 1 is 1.00 bits per heavy atom. The molecule has 0 radical (unpaired) electrons. The van der Waals surface area contributed by atoms with Crippen LogP contribution in [0.5, 0.6) is 0 Å². The zero-order valence-electron chi connectivity index (χ0n) is 11.5. The third kappa shape index (κ3) is 3.47. The molecule has 0 bridgehead atoms. The quantitative estimate of drug-likeness (QED) is 0.785. The predicted molar refractivity (Wildman–Crippen MR) is 79.1 cm³/mol. The van der Waals surface area contributed by atoms with Crippen molar-refractivity contribution in [1.82, 2.24) is 0 Å². The van der Waals surface area contributed by atoms with Crippen molar-refractivity contribution in [2.75, 3.05) is 0 Å². The minimum absolute atomic E-state index is 0.415. The fraction of sp³-hybridized carbons (Fsp3) is 0.250. The van der Waals surface area contributed by atoms with Crippen molar-refractivity contribution in [1.29, 1.82) is 0 Å². The molecule has 1 atom stereocenters. The molecule has 1 N–H and O–H groups in total. The first kappa shape index (κ1) is 16.0. The second-order valence-electron chi connectivity index (χ2n) is 4.98. The summed E-state index contributed by atoms with van der Waals surface area (Å²) < 4.78 is 38.9. The van der Waals surface area contributed by atoms with Gasteiger partial charge in [-0.15, -0.1) is 0 Å². The van der Waals surface area contributed by atoms with E-state index in [9.17, 15) is 18.3 Å². The van der Waals surface area contributed by atoms with Crippen LogP contribution in [-0.2, 0) is 6.18 Å². The molecule has 0 aliphatic heterocycles. The van der Waals surface area contributed by atoms with Crippen LogP contribution in [0.3, 0.4) is 0 Å². The maximum absolute atomic E-state index is 12.7. The summed E-state index contributed by atoms with van der Waals surface area (Å²) in [6.45, 7) is 3.46. The summed E-state index contributed by atoms with van der Waals surface area (Å²) in [7, 11) is 0. The zero-order chi connectivity index (χ0) is 15.8. The topological polar surface area (TPSA) is 20.2 Å². The van der Waals surface area contributed by atoms with Crippen molar-refractivity contribution in [3.05, 3.63) is 68.7 Å². The number of alkyl halides is 3. The molecule has 0 aliphatic carbocycles. The monoisotopic (exact) mass is 358 g/mol. The molecule has 5 heteroatoms. The number of hydrogen-bond acceptors (Lipinski definition) is 1. The van der Waals surface area contributed by atoms with E-state index in [1.807, 2.05) is 19.1 Å². The number of aliphatic hydroxyl groups excluding tert-OH is 1. The smallest absolute Gasteiger partial charge is 0.384 e. The average molecular weight is 359 g/mol. The molecule has 112 valence electrons. The second-order valence-corrected chi connectivity index (χ2v) is 5.83. The van der Waals surface area contributed by atoms with E-state index in [4.69, 9.17) is 0 Å². The molecule has 2 rings (SSSR count). The first-order chi connectivity index (χ1) is 9.70. The van der Waals surface area contributed by atoms with Crippen molar-refractivity contribution < 1.29 is 18.3 Å². The van der Waals surface area contributed by atoms with E-state index in [2.05, 4.69) is 15.9 Å². The molecule has 0 aromatic heterocycles. The summed E-state index contributed by atoms with van der Waals surface area (Å²) in [4.78, 5) is 0. The summed E-state index contributed by atoms with van der Waals surface area (Å²) in [5, 5.41) is 10.4. The molecule has 0 saturated heterocycles. The number of benzene rings is 2. The molecule has 1 nitrogen and oxygen atoms in total. The summed E-state index contributed by atoms with van der Waals surface area (Å²) in [6.07, 6.45) is -5.32. The molecular weight excluding hydrogens is 345 g/mol. The Balaban J connectivity index is 2.39. The van der Waals surface area contributed by atoms with Crippen molar-refractivity contribution in [2.45, 2.75) is 26.1 Å². The van der Waals surface area contributed by atoms with Gasteiger partial charge in [0.25, 0.3) is 0 Å². The number of aliphatic hydroxyl groups is 1. The molecule has 0 saturated carbocycles. The van der Waals surface area contributed by atoms with Gasteiger partial charge in [-0.25, -0.2) is 0 Å². The Kier molecular flexibility index (Phi) is 4.44. The van der Waals surface area contributed by atoms with Crippen LogP contribution < -0.4 is 0 Å². The fourth-order valence-electron chi connectivity index (χ4n) is 2.18. The molecule has 21 heavy (non-hydrogen) atoms. The van der Waals surface area contributed by atoms with Gasteiger partial charge in [0.1, 0.15) is 6.10 Å². The molecule has 2 aromatic carbocycles. The number of aryl methyl sites for hydroxylation is 2. The van der Waals surface area contributed by atoms with Gasteiger partial charge >= 0.3 is 6.18 Å². The van der Waals surface area contributed by atoms with Gasteiger partial charge in [-0.1, -0.05) is 34.1 Å². The lowest BCUT2D eigenvalue weighted by Gasteiger charge is -2.17. The third-order valence-corrected chi connectivity index (χ3v) is 4.28. The van der Waals surface area contributed by atoms with Crippen LogP contribution in [0.4, 0.5) is 13.2 Å². The highest BCUT2D eigenvalue weighted by molar-refractivity contribution is 9.10. The van der Waals surface area contributed by atoms with Crippen LogP contribution in [0.15, 0.2) is 40.9 Å². The summed E-state index contributed by atoms with van der Waals surface area (Å²) in [6, 6.07) is 8.76. The Morgan fingerprint density at radius 3 is 2.19 bits per heavy atom. The van der Waals surface area contributed by atoms with E-state index in [-0.39, 0.29) is 0 Å². The highest BCUT2D eigenvalue weighted by atomic mass is 79.9. The normalized spacial score (nSPS) is 13.3. The highest BCUT2D eigenvalue weighted by Crippen LogP contribution is 2.33. The van der Waals surface area contributed by atoms with Gasteiger partial charge in [0, 0.05) is 4.47 Å². The van der Waals surface area contributed by atoms with Crippen LogP contribution in [0, 0.1) is 13.8 Å². The Labute approximate surface area is 129 Å². The molecule has 1 unspecified atom stereocenters. The van der Waals surface area contributed by atoms with Crippen molar-refractivity contribution in [3.8, 4) is 0 Å². The van der Waals surface area contributed by atoms with E-state index in [0.717, 1.165) is 22.2 Å². The Bertz CT molecular complexity index is 665. The van der Waals surface area contributed by atoms with Gasteiger partial charge in [-0.2, -0.15) is 13.2 Å². The van der Waals surface area contributed by atoms with Crippen molar-refractivity contribution in [2.24, 2.45) is 0 Å². The van der Waals surface area contributed by atoms with Crippen LogP contribution in [0.25, 0.3) is 0 Å². The van der Waals surface area contributed by atoms with Gasteiger partial charge in [-0.3, -0.25) is 0 Å². The van der Waals surface area contributed by atoms with E-state index in [1.54, 1.807) is 13.0 Å². The molecule has 2 aromatic rings. The lowest BCUT2D eigenvalue weighted by Crippen LogP contribution is -2.08. The van der Waals surface area contributed by atoms with Crippen LogP contribution in [-0.4, -0.2) is 5.11 Å². The van der Waals surface area contributed by atoms with Crippen LogP contribution in [0.2, 0.25) is 0 Å². The predicted octanol–water partition coefficient (Wildman–Crippen LogP) is 5.17. The number of hydrogen-bond donors (Lipinski definition) is 1. The standard InChI is InChI=1S/C16H14BrF3O/c1-9-8-12(16(18,19)20)4-5-13(9)15(21)11-3-6-14(17)10(2)7-11/h3-8,15,21H,1-2H3. The highest BCUT2D eigenvalue weighted by Gasteiger charge is 2.31. The second kappa shape index (κ2) is 5.81. The fourth-order valence-corrected chi connectivity index (χ4v) is 2.42. The van der Waals surface area contributed by atoms with Crippen molar-refractivity contribution in [3.63, 3.8) is 0 Å². The van der Waals surface area contributed by atoms with Gasteiger partial charge in [0.2, 0.25) is 0 Å². The zero-order valence-corrected chi connectivity index (χ0v) is 13.1. The summed E-state index contributed by atoms with van der Waals surface area (Å²) >= 11 is 3.37. The largest absolute Gasteiger partial charge is 0.416 e. The first-order valence-electron chi connectivity index (χ1n) is 6.32. The molecule has 0 amide bonds. The molecule has 0 heterocycles. The number of rotatable bonds is 2. The minimum Gasteiger partial charge on any atom is -0.384 e. The summed E-state index contributed by atoms with van der Waals surface area (Å²) in [5.74, 6) is 0. The van der Waals surface area contributed by atoms with E-state index < -0.39 is 17.8 Å². The van der Waals surface area contributed by atoms with Crippen LogP contribution >= 0.6 is 15.9 Å². The maximum atomic E-state index is 12.7. The average Bonchev–Trinajstić information content (AvgIpc) is 2.40. The molecule has 0 fully saturated rings. The van der Waals surface area contributed by atoms with Crippen LogP contribution in [0.1, 0.15) is 33.9 Å². The minimum atomic E-state index is -4.37. The Hall–Kier alpha value is -1.33. The van der Waals surface area contributed by atoms with Gasteiger partial charge in [0.05, 0.1) is 5.56 Å². The van der Waals surface area contributed by atoms with Gasteiger partial charge in [-0.05, 0) is 54.3 Å².